The SMILES string of the molecule is O=C(CNc1ccccc1C(=O)O)c1ccccc1CCc1ccccc1. The van der Waals surface area contributed by atoms with Crippen LogP contribution in [0.4, 0.5) is 5.69 Å². The van der Waals surface area contributed by atoms with Crippen LogP contribution < -0.4 is 5.32 Å². The van der Waals surface area contributed by atoms with Crippen LogP contribution in [0, 0.1) is 0 Å². The molecule has 0 saturated heterocycles. The molecule has 0 fully saturated rings. The Balaban J connectivity index is 1.69. The highest BCUT2D eigenvalue weighted by atomic mass is 16.4. The molecule has 3 rings (SSSR count). The second-order valence-electron chi connectivity index (χ2n) is 6.27. The van der Waals surface area contributed by atoms with Crippen LogP contribution in [-0.2, 0) is 12.8 Å². The Hall–Kier alpha value is -3.40. The van der Waals surface area contributed by atoms with Crippen LogP contribution in [0.15, 0.2) is 78.9 Å². The lowest BCUT2D eigenvalue weighted by molar-refractivity contribution is 0.0697. The Morgan fingerprint density at radius 3 is 2.11 bits per heavy atom. The average molecular weight is 359 g/mol. The van der Waals surface area contributed by atoms with Crippen LogP contribution in [0.1, 0.15) is 31.8 Å². The molecule has 3 aromatic rings. The number of ketones is 1. The first kappa shape index (κ1) is 18.4. The van der Waals surface area contributed by atoms with E-state index in [0.29, 0.717) is 11.3 Å². The van der Waals surface area contributed by atoms with Crippen molar-refractivity contribution in [3.05, 3.63) is 101 Å². The zero-order valence-electron chi connectivity index (χ0n) is 14.9. The van der Waals surface area contributed by atoms with E-state index >= 15 is 0 Å². The van der Waals surface area contributed by atoms with E-state index in [0.717, 1.165) is 18.4 Å². The van der Waals surface area contributed by atoms with Crippen LogP contribution in [0.25, 0.3) is 0 Å². The van der Waals surface area contributed by atoms with Crippen molar-refractivity contribution < 1.29 is 14.7 Å². The predicted molar refractivity (Wildman–Crippen MR) is 107 cm³/mol. The lowest BCUT2D eigenvalue weighted by Crippen LogP contribution is -2.17. The third kappa shape index (κ3) is 4.82. The molecule has 2 N–H and O–H groups in total. The minimum Gasteiger partial charge on any atom is -0.478 e. The van der Waals surface area contributed by atoms with E-state index in [1.165, 1.54) is 11.6 Å². The summed E-state index contributed by atoms with van der Waals surface area (Å²) in [6, 6.07) is 24.3. The predicted octanol–water partition coefficient (Wildman–Crippen LogP) is 4.46. The minimum absolute atomic E-state index is 0.0483. The van der Waals surface area contributed by atoms with Gasteiger partial charge in [-0.3, -0.25) is 4.79 Å². The number of carbonyl (C=O) groups excluding carboxylic acids is 1. The van der Waals surface area contributed by atoms with Crippen LogP contribution in [0.5, 0.6) is 0 Å². The van der Waals surface area contributed by atoms with Crippen LogP contribution in [0.2, 0.25) is 0 Å². The normalized spacial score (nSPS) is 10.4. The number of hydrogen-bond acceptors (Lipinski definition) is 3. The molecule has 0 aliphatic rings. The molecule has 0 bridgehead atoms. The van der Waals surface area contributed by atoms with Gasteiger partial charge in [-0.1, -0.05) is 66.7 Å². The molecule has 27 heavy (non-hydrogen) atoms. The van der Waals surface area contributed by atoms with Crippen molar-refractivity contribution in [3.63, 3.8) is 0 Å². The van der Waals surface area contributed by atoms with Gasteiger partial charge in [0.1, 0.15) is 0 Å². The summed E-state index contributed by atoms with van der Waals surface area (Å²) in [5.74, 6) is -1.08. The molecule has 0 saturated carbocycles. The standard InChI is InChI=1S/C23H21NO3/c25-22(16-24-21-13-7-6-12-20(21)23(26)27)19-11-5-4-10-18(19)15-14-17-8-2-1-3-9-17/h1-13,24H,14-16H2,(H,26,27). The van der Waals surface area contributed by atoms with E-state index in [4.69, 9.17) is 0 Å². The summed E-state index contributed by atoms with van der Waals surface area (Å²) in [6.45, 7) is 0.0483. The number of carboxylic acids is 1. The first-order valence-electron chi connectivity index (χ1n) is 8.86. The molecule has 0 aliphatic heterocycles. The molecule has 0 unspecified atom stereocenters. The summed E-state index contributed by atoms with van der Waals surface area (Å²) in [6.07, 6.45) is 1.64. The van der Waals surface area contributed by atoms with Crippen LogP contribution in [-0.4, -0.2) is 23.4 Å². The van der Waals surface area contributed by atoms with Crippen molar-refractivity contribution in [2.45, 2.75) is 12.8 Å². The molecule has 3 aromatic carbocycles. The van der Waals surface area contributed by atoms with E-state index in [-0.39, 0.29) is 17.9 Å². The summed E-state index contributed by atoms with van der Waals surface area (Å²) in [4.78, 5) is 24.0. The van der Waals surface area contributed by atoms with Gasteiger partial charge in [0.25, 0.3) is 0 Å². The first-order valence-corrected chi connectivity index (χ1v) is 8.86. The quantitative estimate of drug-likeness (QED) is 0.583. The summed E-state index contributed by atoms with van der Waals surface area (Å²) >= 11 is 0. The number of rotatable bonds is 8. The highest BCUT2D eigenvalue weighted by molar-refractivity contribution is 6.01. The Morgan fingerprint density at radius 1 is 0.741 bits per heavy atom. The third-order valence-electron chi connectivity index (χ3n) is 4.44. The zero-order valence-corrected chi connectivity index (χ0v) is 14.9. The van der Waals surface area contributed by atoms with Gasteiger partial charge < -0.3 is 10.4 Å². The number of benzene rings is 3. The number of para-hydroxylation sites is 1. The number of anilines is 1. The Morgan fingerprint density at radius 2 is 1.37 bits per heavy atom. The molecule has 0 aromatic heterocycles. The van der Waals surface area contributed by atoms with Crippen molar-refractivity contribution in [1.82, 2.24) is 0 Å². The lowest BCUT2D eigenvalue weighted by Gasteiger charge is -2.11. The molecule has 4 heteroatoms. The molecule has 0 heterocycles. The second kappa shape index (κ2) is 8.81. The minimum atomic E-state index is -1.02. The number of aromatic carboxylic acids is 1. The summed E-state index contributed by atoms with van der Waals surface area (Å²) in [7, 11) is 0. The highest BCUT2D eigenvalue weighted by Crippen LogP contribution is 2.17. The van der Waals surface area contributed by atoms with Gasteiger partial charge in [-0.25, -0.2) is 4.79 Å². The summed E-state index contributed by atoms with van der Waals surface area (Å²) < 4.78 is 0. The fraction of sp³-hybridized carbons (Fsp3) is 0.130. The topological polar surface area (TPSA) is 66.4 Å². The molecule has 0 atom stereocenters. The fourth-order valence-electron chi connectivity index (χ4n) is 3.03. The Kier molecular flexibility index (Phi) is 6.00. The van der Waals surface area contributed by atoms with Crippen LogP contribution in [0.3, 0.4) is 0 Å². The van der Waals surface area contributed by atoms with Gasteiger partial charge in [0.15, 0.2) is 5.78 Å². The maximum atomic E-state index is 12.7. The zero-order chi connectivity index (χ0) is 19.1. The highest BCUT2D eigenvalue weighted by Gasteiger charge is 2.13. The molecule has 136 valence electrons. The van der Waals surface area contributed by atoms with Crippen molar-refractivity contribution in [3.8, 4) is 0 Å². The second-order valence-corrected chi connectivity index (χ2v) is 6.27. The number of carboxylic acid groups (broad SMARTS) is 1. The summed E-state index contributed by atoms with van der Waals surface area (Å²) in [5, 5.41) is 12.2. The Bertz CT molecular complexity index is 935. The third-order valence-corrected chi connectivity index (χ3v) is 4.44. The maximum Gasteiger partial charge on any atom is 0.337 e. The molecular weight excluding hydrogens is 338 g/mol. The van der Waals surface area contributed by atoms with Gasteiger partial charge in [0, 0.05) is 11.3 Å². The fourth-order valence-corrected chi connectivity index (χ4v) is 3.03. The largest absolute Gasteiger partial charge is 0.478 e. The number of hydrogen-bond donors (Lipinski definition) is 2. The number of Topliss-reactive ketones (excluding diaryl/α,β-unsaturated/α-hetero) is 1. The lowest BCUT2D eigenvalue weighted by atomic mass is 9.97. The van der Waals surface area contributed by atoms with Crippen molar-refractivity contribution in [2.24, 2.45) is 0 Å². The van der Waals surface area contributed by atoms with E-state index in [1.54, 1.807) is 18.2 Å². The van der Waals surface area contributed by atoms with Gasteiger partial charge in [0.2, 0.25) is 0 Å². The van der Waals surface area contributed by atoms with E-state index in [9.17, 15) is 14.7 Å². The number of aryl methyl sites for hydroxylation is 2. The van der Waals surface area contributed by atoms with Crippen molar-refractivity contribution in [2.75, 3.05) is 11.9 Å². The maximum absolute atomic E-state index is 12.7. The van der Waals surface area contributed by atoms with Gasteiger partial charge in [0.05, 0.1) is 12.1 Å². The van der Waals surface area contributed by atoms with Gasteiger partial charge >= 0.3 is 5.97 Å². The molecule has 0 spiro atoms. The monoisotopic (exact) mass is 359 g/mol. The van der Waals surface area contributed by atoms with Crippen molar-refractivity contribution in [1.29, 1.82) is 0 Å². The average Bonchev–Trinajstić information content (AvgIpc) is 2.71. The Labute approximate surface area is 158 Å². The van der Waals surface area contributed by atoms with E-state index in [1.807, 2.05) is 42.5 Å². The molecule has 0 radical (unpaired) electrons. The number of carbonyl (C=O) groups is 2. The molecule has 0 amide bonds. The van der Waals surface area contributed by atoms with E-state index in [2.05, 4.69) is 17.4 Å². The van der Waals surface area contributed by atoms with E-state index < -0.39 is 5.97 Å². The molecule has 0 aliphatic carbocycles. The van der Waals surface area contributed by atoms with Crippen molar-refractivity contribution >= 4 is 17.4 Å². The van der Waals surface area contributed by atoms with Gasteiger partial charge in [-0.15, -0.1) is 0 Å². The summed E-state index contributed by atoms with van der Waals surface area (Å²) in [5.41, 5.74) is 3.50. The number of nitrogens with one attached hydrogen (secondary N) is 1. The van der Waals surface area contributed by atoms with Gasteiger partial charge in [-0.05, 0) is 36.1 Å². The van der Waals surface area contributed by atoms with Gasteiger partial charge in [-0.2, -0.15) is 0 Å². The first-order chi connectivity index (χ1) is 13.1. The smallest absolute Gasteiger partial charge is 0.337 e. The molecule has 4 nitrogen and oxygen atoms in total. The molecular formula is C23H21NO3. The van der Waals surface area contributed by atoms with Crippen LogP contribution >= 0.6 is 0 Å².